The lowest BCUT2D eigenvalue weighted by Gasteiger charge is -2.17. The molecule has 0 aromatic carbocycles. The molecule has 0 fully saturated rings. The lowest BCUT2D eigenvalue weighted by atomic mass is 10.4. The molecule has 0 amide bonds. The monoisotopic (exact) mass is 237 g/mol. The first kappa shape index (κ1) is 14.0. The summed E-state index contributed by atoms with van der Waals surface area (Å²) in [6.07, 6.45) is 3.82. The molecule has 0 atom stereocenters. The third kappa shape index (κ3) is 8.57. The quantitative estimate of drug-likeness (QED) is 0.768. The van der Waals surface area contributed by atoms with Crippen molar-refractivity contribution in [2.75, 3.05) is 26.2 Å². The highest BCUT2D eigenvalue weighted by Gasteiger charge is 1.99. The van der Waals surface area contributed by atoms with Gasteiger partial charge in [0.25, 0.3) is 0 Å². The molecule has 0 bridgehead atoms. The molecule has 0 aliphatic rings. The van der Waals surface area contributed by atoms with E-state index in [1.807, 2.05) is 26.0 Å². The van der Waals surface area contributed by atoms with Crippen molar-refractivity contribution in [1.29, 1.82) is 0 Å². The Hall–Kier alpha value is -0.0200. The molecular formula is C10H17Cl2NO. The molecule has 0 radical (unpaired) electrons. The minimum Gasteiger partial charge on any atom is -0.395 e. The predicted octanol–water partition coefficient (Wildman–Crippen LogP) is 2.57. The summed E-state index contributed by atoms with van der Waals surface area (Å²) in [5, 5.41) is 10.3. The molecule has 0 heterocycles. The molecule has 1 N–H and O–H groups in total. The molecule has 0 saturated carbocycles. The maximum absolute atomic E-state index is 8.82. The summed E-state index contributed by atoms with van der Waals surface area (Å²) in [6.45, 7) is 5.90. The molecule has 0 saturated heterocycles. The Morgan fingerprint density at radius 2 is 1.57 bits per heavy atom. The zero-order chi connectivity index (χ0) is 11.0. The SMILES string of the molecule is C/C(Cl)=C/CN(C/C=C(\C)Cl)CCO. The predicted molar refractivity (Wildman–Crippen MR) is 62.7 cm³/mol. The van der Waals surface area contributed by atoms with Gasteiger partial charge in [0, 0.05) is 29.7 Å². The van der Waals surface area contributed by atoms with Gasteiger partial charge in [0.15, 0.2) is 0 Å². The maximum Gasteiger partial charge on any atom is 0.0558 e. The normalized spacial score (nSPS) is 13.9. The number of nitrogens with zero attached hydrogens (tertiary/aromatic N) is 1. The lowest BCUT2D eigenvalue weighted by molar-refractivity contribution is 0.220. The minimum absolute atomic E-state index is 0.143. The number of hydrogen-bond acceptors (Lipinski definition) is 2. The van der Waals surface area contributed by atoms with E-state index in [4.69, 9.17) is 28.3 Å². The molecule has 0 spiro atoms. The van der Waals surface area contributed by atoms with E-state index in [1.54, 1.807) is 0 Å². The Morgan fingerprint density at radius 3 is 1.86 bits per heavy atom. The molecule has 0 unspecified atom stereocenters. The summed E-state index contributed by atoms with van der Waals surface area (Å²) in [5.74, 6) is 0. The second kappa shape index (κ2) is 8.30. The fourth-order valence-electron chi connectivity index (χ4n) is 0.908. The standard InChI is InChI=1S/C10H17Cl2NO/c1-9(11)3-5-13(7-8-14)6-4-10(2)12/h3-4,14H,5-8H2,1-2H3/b9-3-,10-4+. The van der Waals surface area contributed by atoms with Crippen LogP contribution in [0.4, 0.5) is 0 Å². The van der Waals surface area contributed by atoms with Crippen molar-refractivity contribution in [3.63, 3.8) is 0 Å². The summed E-state index contributed by atoms with van der Waals surface area (Å²) in [5.41, 5.74) is 0. The van der Waals surface area contributed by atoms with Crippen molar-refractivity contribution < 1.29 is 5.11 Å². The van der Waals surface area contributed by atoms with E-state index in [1.165, 1.54) is 0 Å². The number of rotatable bonds is 6. The Bertz CT molecular complexity index is 186. The van der Waals surface area contributed by atoms with Gasteiger partial charge >= 0.3 is 0 Å². The average molecular weight is 238 g/mol. The van der Waals surface area contributed by atoms with Crippen molar-refractivity contribution in [3.8, 4) is 0 Å². The molecule has 4 heteroatoms. The van der Waals surface area contributed by atoms with Crippen molar-refractivity contribution in [2.45, 2.75) is 13.8 Å². The highest BCUT2D eigenvalue weighted by Crippen LogP contribution is 2.02. The van der Waals surface area contributed by atoms with Crippen LogP contribution in [0.5, 0.6) is 0 Å². The van der Waals surface area contributed by atoms with Crippen LogP contribution >= 0.6 is 23.2 Å². The summed E-state index contributed by atoms with van der Waals surface area (Å²) >= 11 is 11.4. The van der Waals surface area contributed by atoms with Gasteiger partial charge in [-0.15, -0.1) is 0 Å². The Morgan fingerprint density at radius 1 is 1.14 bits per heavy atom. The van der Waals surface area contributed by atoms with E-state index >= 15 is 0 Å². The van der Waals surface area contributed by atoms with E-state index in [-0.39, 0.29) is 6.61 Å². The first-order valence-electron chi connectivity index (χ1n) is 4.54. The second-order valence-electron chi connectivity index (χ2n) is 3.06. The highest BCUT2D eigenvalue weighted by molar-refractivity contribution is 6.29. The molecule has 0 aliphatic heterocycles. The fourth-order valence-corrected chi connectivity index (χ4v) is 1.05. The van der Waals surface area contributed by atoms with Crippen molar-refractivity contribution in [2.24, 2.45) is 0 Å². The van der Waals surface area contributed by atoms with Gasteiger partial charge in [0.1, 0.15) is 0 Å². The number of halogens is 2. The maximum atomic E-state index is 8.82. The highest BCUT2D eigenvalue weighted by atomic mass is 35.5. The summed E-state index contributed by atoms with van der Waals surface area (Å²) in [6, 6.07) is 0. The number of allylic oxidation sites excluding steroid dienone is 2. The Labute approximate surface area is 95.8 Å². The van der Waals surface area contributed by atoms with Crippen LogP contribution in [0.1, 0.15) is 13.8 Å². The molecule has 0 aromatic heterocycles. The Kier molecular flexibility index (Phi) is 8.29. The average Bonchev–Trinajstić information content (AvgIpc) is 2.09. The molecule has 0 aromatic rings. The topological polar surface area (TPSA) is 23.5 Å². The molecule has 0 rings (SSSR count). The lowest BCUT2D eigenvalue weighted by Crippen LogP contribution is -2.27. The number of hydrogen-bond donors (Lipinski definition) is 1. The fraction of sp³-hybridized carbons (Fsp3) is 0.600. The smallest absolute Gasteiger partial charge is 0.0558 e. The zero-order valence-corrected chi connectivity index (χ0v) is 10.1. The molecule has 2 nitrogen and oxygen atoms in total. The molecule has 0 aliphatic carbocycles. The van der Waals surface area contributed by atoms with Crippen LogP contribution in [0.3, 0.4) is 0 Å². The second-order valence-corrected chi connectivity index (χ2v) is 4.26. The van der Waals surface area contributed by atoms with Crippen molar-refractivity contribution >= 4 is 23.2 Å². The van der Waals surface area contributed by atoms with Crippen LogP contribution in [0.15, 0.2) is 22.2 Å². The van der Waals surface area contributed by atoms with E-state index in [9.17, 15) is 0 Å². The summed E-state index contributed by atoms with van der Waals surface area (Å²) in [7, 11) is 0. The third-order valence-corrected chi connectivity index (χ3v) is 1.99. The van der Waals surface area contributed by atoms with E-state index < -0.39 is 0 Å². The van der Waals surface area contributed by atoms with Gasteiger partial charge in [-0.3, -0.25) is 4.90 Å². The van der Waals surface area contributed by atoms with Gasteiger partial charge < -0.3 is 5.11 Å². The van der Waals surface area contributed by atoms with Gasteiger partial charge in [-0.2, -0.15) is 0 Å². The molecular weight excluding hydrogens is 221 g/mol. The molecule has 82 valence electrons. The van der Waals surface area contributed by atoms with Crippen molar-refractivity contribution in [3.05, 3.63) is 22.2 Å². The summed E-state index contributed by atoms with van der Waals surface area (Å²) < 4.78 is 0. The van der Waals surface area contributed by atoms with Gasteiger partial charge in [-0.25, -0.2) is 0 Å². The Balaban J connectivity index is 4.02. The zero-order valence-electron chi connectivity index (χ0n) is 8.63. The first-order chi connectivity index (χ1) is 6.56. The van der Waals surface area contributed by atoms with Crippen LogP contribution in [0, 0.1) is 0 Å². The minimum atomic E-state index is 0.143. The van der Waals surface area contributed by atoms with Gasteiger partial charge in [0.2, 0.25) is 0 Å². The number of aliphatic hydroxyl groups excluding tert-OH is 1. The van der Waals surface area contributed by atoms with E-state index in [0.717, 1.165) is 23.2 Å². The van der Waals surface area contributed by atoms with Gasteiger partial charge in [-0.1, -0.05) is 35.4 Å². The van der Waals surface area contributed by atoms with Crippen LogP contribution < -0.4 is 0 Å². The van der Waals surface area contributed by atoms with Crippen LogP contribution in [0.2, 0.25) is 0 Å². The van der Waals surface area contributed by atoms with E-state index in [2.05, 4.69) is 4.90 Å². The largest absolute Gasteiger partial charge is 0.395 e. The van der Waals surface area contributed by atoms with Crippen LogP contribution in [-0.4, -0.2) is 36.2 Å². The first-order valence-corrected chi connectivity index (χ1v) is 5.29. The third-order valence-electron chi connectivity index (χ3n) is 1.68. The van der Waals surface area contributed by atoms with Gasteiger partial charge in [-0.05, 0) is 13.8 Å². The summed E-state index contributed by atoms with van der Waals surface area (Å²) in [4.78, 5) is 2.05. The molecule has 14 heavy (non-hydrogen) atoms. The van der Waals surface area contributed by atoms with Crippen molar-refractivity contribution in [1.82, 2.24) is 4.90 Å². The number of aliphatic hydroxyl groups is 1. The van der Waals surface area contributed by atoms with Crippen LogP contribution in [0.25, 0.3) is 0 Å². The van der Waals surface area contributed by atoms with Gasteiger partial charge in [0.05, 0.1) is 6.61 Å². The van der Waals surface area contributed by atoms with Crippen LogP contribution in [-0.2, 0) is 0 Å². The van der Waals surface area contributed by atoms with E-state index in [0.29, 0.717) is 6.54 Å².